The Morgan fingerprint density at radius 3 is 2.60 bits per heavy atom. The van der Waals surface area contributed by atoms with E-state index in [-0.39, 0.29) is 0 Å². The molecule has 4 rings (SSSR count). The molecule has 4 fully saturated rings. The molecule has 0 radical (unpaired) electrons. The maximum absolute atomic E-state index is 3.53. The molecule has 15 heavy (non-hydrogen) atoms. The fourth-order valence-corrected chi connectivity index (χ4v) is 3.99. The van der Waals surface area contributed by atoms with Crippen LogP contribution in [0.3, 0.4) is 0 Å². The molecule has 0 aromatic carbocycles. The van der Waals surface area contributed by atoms with E-state index in [0.717, 1.165) is 41.7 Å². The maximum Gasteiger partial charge on any atom is 0.0277 e. The van der Waals surface area contributed by atoms with Crippen molar-refractivity contribution in [1.29, 1.82) is 0 Å². The molecule has 1 heteroatoms. The molecule has 0 spiro atoms. The summed E-state index contributed by atoms with van der Waals surface area (Å²) in [6.45, 7) is 7.10. The largest absolute Gasteiger partial charge is 0.307 e. The molecule has 1 heterocycles. The van der Waals surface area contributed by atoms with Crippen LogP contribution in [0.15, 0.2) is 11.1 Å². The van der Waals surface area contributed by atoms with E-state index in [1.165, 1.54) is 6.42 Å². The van der Waals surface area contributed by atoms with Gasteiger partial charge in [-0.1, -0.05) is 25.0 Å². The predicted octanol–water partition coefficient (Wildman–Crippen LogP) is 2.59. The van der Waals surface area contributed by atoms with Crippen molar-refractivity contribution in [1.82, 2.24) is 5.32 Å². The van der Waals surface area contributed by atoms with Gasteiger partial charge in [-0.05, 0) is 49.4 Å². The van der Waals surface area contributed by atoms with E-state index in [1.807, 2.05) is 5.57 Å². The Balaban J connectivity index is 1.65. The monoisotopic (exact) mass is 203 g/mol. The third-order valence-corrected chi connectivity index (χ3v) is 5.46. The fourth-order valence-electron chi connectivity index (χ4n) is 3.99. The molecule has 1 nitrogen and oxygen atoms in total. The Kier molecular flexibility index (Phi) is 1.47. The van der Waals surface area contributed by atoms with E-state index in [2.05, 4.69) is 26.1 Å². The molecule has 5 unspecified atom stereocenters. The summed E-state index contributed by atoms with van der Waals surface area (Å²) < 4.78 is 0. The van der Waals surface area contributed by atoms with Gasteiger partial charge in [-0.2, -0.15) is 0 Å². The van der Waals surface area contributed by atoms with Gasteiger partial charge in [0.15, 0.2) is 0 Å². The van der Waals surface area contributed by atoms with Crippen molar-refractivity contribution >= 4 is 0 Å². The zero-order chi connectivity index (χ0) is 10.3. The highest BCUT2D eigenvalue weighted by atomic mass is 15.3. The number of fused-ring (bicyclic) bond motifs is 2. The van der Waals surface area contributed by atoms with Crippen LogP contribution in [0.1, 0.15) is 33.6 Å². The van der Waals surface area contributed by atoms with Crippen LogP contribution < -0.4 is 5.32 Å². The maximum atomic E-state index is 3.53. The minimum atomic E-state index is 0.767. The van der Waals surface area contributed by atoms with Crippen molar-refractivity contribution in [2.75, 3.05) is 0 Å². The van der Waals surface area contributed by atoms with Gasteiger partial charge in [-0.15, -0.1) is 0 Å². The molecule has 0 aromatic heterocycles. The van der Waals surface area contributed by atoms with Crippen molar-refractivity contribution in [3.8, 4) is 0 Å². The Morgan fingerprint density at radius 2 is 2.07 bits per heavy atom. The second-order valence-corrected chi connectivity index (χ2v) is 6.55. The minimum Gasteiger partial charge on any atom is -0.307 e. The van der Waals surface area contributed by atoms with E-state index in [1.54, 1.807) is 12.0 Å². The van der Waals surface area contributed by atoms with Gasteiger partial charge in [0.1, 0.15) is 0 Å². The van der Waals surface area contributed by atoms with Crippen LogP contribution in [0.4, 0.5) is 0 Å². The molecule has 3 aliphatic carbocycles. The van der Waals surface area contributed by atoms with E-state index in [4.69, 9.17) is 0 Å². The molecule has 82 valence electrons. The Morgan fingerprint density at radius 1 is 1.33 bits per heavy atom. The van der Waals surface area contributed by atoms with Gasteiger partial charge in [-0.25, -0.2) is 0 Å². The average molecular weight is 203 g/mol. The number of nitrogens with one attached hydrogen (secondary N) is 1. The topological polar surface area (TPSA) is 21.9 Å². The van der Waals surface area contributed by atoms with Gasteiger partial charge >= 0.3 is 0 Å². The molecular weight excluding hydrogens is 182 g/mol. The fraction of sp³-hybridized carbons (Fsp3) is 0.857. The van der Waals surface area contributed by atoms with Gasteiger partial charge in [0.2, 0.25) is 0 Å². The summed E-state index contributed by atoms with van der Waals surface area (Å²) in [6.07, 6.45) is 3.00. The molecule has 0 aromatic rings. The van der Waals surface area contributed by atoms with Crippen LogP contribution in [0.25, 0.3) is 0 Å². The van der Waals surface area contributed by atoms with Gasteiger partial charge < -0.3 is 5.32 Å². The molecular formula is C14H21N. The molecule has 0 amide bonds. The highest BCUT2D eigenvalue weighted by molar-refractivity contribution is 5.37. The molecule has 1 saturated heterocycles. The summed E-state index contributed by atoms with van der Waals surface area (Å²) in [7, 11) is 0. The first-order valence-electron chi connectivity index (χ1n) is 6.64. The summed E-state index contributed by atoms with van der Waals surface area (Å²) in [5.74, 6) is 5.04. The van der Waals surface area contributed by atoms with Crippen molar-refractivity contribution in [2.24, 2.45) is 29.6 Å². The van der Waals surface area contributed by atoms with Crippen LogP contribution in [0, 0.1) is 29.6 Å². The number of hydrogen-bond acceptors (Lipinski definition) is 1. The van der Waals surface area contributed by atoms with Crippen molar-refractivity contribution in [2.45, 2.75) is 45.7 Å². The van der Waals surface area contributed by atoms with Gasteiger partial charge in [-0.3, -0.25) is 0 Å². The summed E-state index contributed by atoms with van der Waals surface area (Å²) >= 11 is 0. The first-order valence-corrected chi connectivity index (χ1v) is 6.64. The second-order valence-electron chi connectivity index (χ2n) is 6.55. The molecule has 0 bridgehead atoms. The van der Waals surface area contributed by atoms with E-state index < -0.39 is 0 Å². The van der Waals surface area contributed by atoms with Gasteiger partial charge in [0, 0.05) is 12.1 Å². The molecule has 3 saturated carbocycles. The smallest absolute Gasteiger partial charge is 0.0277 e. The SMILES string of the molecule is C/C(=C1\CC2CC2C1C1C2NC21)C(C)C. The van der Waals surface area contributed by atoms with Crippen LogP contribution in [-0.4, -0.2) is 12.1 Å². The van der Waals surface area contributed by atoms with Gasteiger partial charge in [0.25, 0.3) is 0 Å². The lowest BCUT2D eigenvalue weighted by atomic mass is 9.85. The summed E-state index contributed by atoms with van der Waals surface area (Å²) in [5, 5.41) is 3.53. The zero-order valence-electron chi connectivity index (χ0n) is 9.96. The van der Waals surface area contributed by atoms with E-state index in [9.17, 15) is 0 Å². The predicted molar refractivity (Wildman–Crippen MR) is 61.4 cm³/mol. The summed E-state index contributed by atoms with van der Waals surface area (Å²) in [6, 6.07) is 1.90. The quantitative estimate of drug-likeness (QED) is 0.541. The van der Waals surface area contributed by atoms with E-state index >= 15 is 0 Å². The highest BCUT2D eigenvalue weighted by Gasteiger charge is 2.71. The average Bonchev–Trinajstić information content (AvgIpc) is 3.04. The van der Waals surface area contributed by atoms with E-state index in [0.29, 0.717) is 0 Å². The van der Waals surface area contributed by atoms with Crippen LogP contribution >= 0.6 is 0 Å². The number of hydrogen-bond donors (Lipinski definition) is 1. The Labute approximate surface area is 92.3 Å². The van der Waals surface area contributed by atoms with Crippen LogP contribution in [0.5, 0.6) is 0 Å². The van der Waals surface area contributed by atoms with Crippen LogP contribution in [0.2, 0.25) is 0 Å². The third-order valence-electron chi connectivity index (χ3n) is 5.46. The van der Waals surface area contributed by atoms with Crippen molar-refractivity contribution in [3.05, 3.63) is 11.1 Å². The summed E-state index contributed by atoms with van der Waals surface area (Å²) in [4.78, 5) is 0. The summed E-state index contributed by atoms with van der Waals surface area (Å²) in [5.41, 5.74) is 3.60. The lowest BCUT2D eigenvalue weighted by Gasteiger charge is -2.22. The molecule has 1 aliphatic heterocycles. The first kappa shape index (κ1) is 8.81. The second kappa shape index (κ2) is 2.51. The van der Waals surface area contributed by atoms with Crippen molar-refractivity contribution in [3.63, 3.8) is 0 Å². The Hall–Kier alpha value is -0.300. The number of allylic oxidation sites excluding steroid dienone is 2. The van der Waals surface area contributed by atoms with Gasteiger partial charge in [0.05, 0.1) is 0 Å². The molecule has 5 atom stereocenters. The highest BCUT2D eigenvalue weighted by Crippen LogP contribution is 2.67. The van der Waals surface area contributed by atoms with Crippen LogP contribution in [-0.2, 0) is 0 Å². The third kappa shape index (κ3) is 1.08. The Bertz CT molecular complexity index is 346. The zero-order valence-corrected chi connectivity index (χ0v) is 9.96. The molecule has 1 N–H and O–H groups in total. The minimum absolute atomic E-state index is 0.767. The lowest BCUT2D eigenvalue weighted by molar-refractivity contribution is 0.418. The number of rotatable bonds is 2. The first-order chi connectivity index (χ1) is 7.18. The lowest BCUT2D eigenvalue weighted by Crippen LogP contribution is -2.21. The molecule has 4 aliphatic rings. The normalized spacial score (nSPS) is 57.6. The van der Waals surface area contributed by atoms with Crippen molar-refractivity contribution < 1.29 is 0 Å². The standard InChI is InChI=1S/C14H21N/c1-6(2)7(3)9-4-8-5-10(8)11(9)12-13-14(12)15-13/h6,8,10-15H,4-5H2,1-3H3/b9-7-.